The van der Waals surface area contributed by atoms with Crippen molar-refractivity contribution in [2.24, 2.45) is 0 Å². The number of alkyl halides is 2. The zero-order valence-electron chi connectivity index (χ0n) is 12.5. The van der Waals surface area contributed by atoms with Crippen LogP contribution < -0.4 is 10.6 Å². The second kappa shape index (κ2) is 7.35. The fraction of sp³-hybridized carbons (Fsp3) is 0.714. The third-order valence-corrected chi connectivity index (χ3v) is 4.21. The average molecular weight is 316 g/mol. The fourth-order valence-electron chi connectivity index (χ4n) is 2.38. The molecule has 1 heterocycles. The molecule has 1 aromatic heterocycles. The highest BCUT2D eigenvalue weighted by Gasteiger charge is 2.35. The van der Waals surface area contributed by atoms with Gasteiger partial charge in [0.1, 0.15) is 5.82 Å². The largest absolute Gasteiger partial charge is 0.367 e. The molecule has 0 bridgehead atoms. The minimum Gasteiger partial charge on any atom is -0.367 e. The fourth-order valence-corrected chi connectivity index (χ4v) is 2.72. The summed E-state index contributed by atoms with van der Waals surface area (Å²) in [5.74, 6) is -1.73. The molecule has 0 aromatic carbocycles. The van der Waals surface area contributed by atoms with E-state index in [2.05, 4.69) is 20.6 Å². The molecule has 1 fully saturated rings. The summed E-state index contributed by atoms with van der Waals surface area (Å²) in [7, 11) is 0. The van der Waals surface area contributed by atoms with E-state index in [9.17, 15) is 8.78 Å². The number of nitrogens with zero attached hydrogens (tertiary/aromatic N) is 2. The standard InChI is InChI=1S/C14H22F2N4S/c1-3-17-8-10-9-18-13(21-2)20-12(10)19-11-4-6-14(15,16)7-5-11/h9,11,17H,3-8H2,1-2H3,(H,18,19,20). The second-order valence-corrected chi connectivity index (χ2v) is 6.06. The van der Waals surface area contributed by atoms with Crippen LogP contribution in [0.4, 0.5) is 14.6 Å². The number of aromatic nitrogens is 2. The SMILES string of the molecule is CCNCc1cnc(SC)nc1NC1CCC(F)(F)CC1. The van der Waals surface area contributed by atoms with Crippen LogP contribution in [0, 0.1) is 0 Å². The molecule has 0 atom stereocenters. The molecule has 2 N–H and O–H groups in total. The Labute approximate surface area is 128 Å². The van der Waals surface area contributed by atoms with E-state index >= 15 is 0 Å². The number of halogens is 2. The third kappa shape index (κ3) is 4.78. The molecule has 7 heteroatoms. The summed E-state index contributed by atoms with van der Waals surface area (Å²) in [5.41, 5.74) is 0.979. The lowest BCUT2D eigenvalue weighted by Gasteiger charge is -2.29. The molecular formula is C14H22F2N4S. The molecule has 0 radical (unpaired) electrons. The summed E-state index contributed by atoms with van der Waals surface area (Å²) in [6.07, 6.45) is 4.59. The predicted molar refractivity (Wildman–Crippen MR) is 82.0 cm³/mol. The number of nitrogens with one attached hydrogen (secondary N) is 2. The molecule has 1 saturated carbocycles. The Morgan fingerprint density at radius 3 is 2.71 bits per heavy atom. The van der Waals surface area contributed by atoms with Gasteiger partial charge in [-0.15, -0.1) is 0 Å². The Bertz CT molecular complexity index is 460. The van der Waals surface area contributed by atoms with Crippen molar-refractivity contribution >= 4 is 17.6 Å². The van der Waals surface area contributed by atoms with Gasteiger partial charge in [-0.2, -0.15) is 0 Å². The van der Waals surface area contributed by atoms with Crippen LogP contribution in [0.1, 0.15) is 38.2 Å². The molecule has 1 aliphatic carbocycles. The highest BCUT2D eigenvalue weighted by atomic mass is 32.2. The van der Waals surface area contributed by atoms with E-state index in [1.807, 2.05) is 13.2 Å². The molecule has 0 spiro atoms. The van der Waals surface area contributed by atoms with Gasteiger partial charge in [-0.3, -0.25) is 0 Å². The lowest BCUT2D eigenvalue weighted by atomic mass is 9.92. The first-order valence-electron chi connectivity index (χ1n) is 7.29. The topological polar surface area (TPSA) is 49.8 Å². The van der Waals surface area contributed by atoms with E-state index in [1.165, 1.54) is 11.8 Å². The first kappa shape index (κ1) is 16.4. The Hall–Kier alpha value is -0.950. The zero-order valence-corrected chi connectivity index (χ0v) is 13.3. The maximum Gasteiger partial charge on any atom is 0.248 e. The van der Waals surface area contributed by atoms with E-state index in [-0.39, 0.29) is 18.9 Å². The van der Waals surface area contributed by atoms with E-state index in [0.29, 0.717) is 24.5 Å². The van der Waals surface area contributed by atoms with Crippen LogP contribution in [-0.2, 0) is 6.54 Å². The van der Waals surface area contributed by atoms with Crippen LogP contribution in [0.2, 0.25) is 0 Å². The van der Waals surface area contributed by atoms with Crippen LogP contribution in [0.25, 0.3) is 0 Å². The summed E-state index contributed by atoms with van der Waals surface area (Å²) < 4.78 is 26.4. The molecule has 0 amide bonds. The molecule has 4 nitrogen and oxygen atoms in total. The first-order chi connectivity index (χ1) is 10.0. The van der Waals surface area contributed by atoms with Crippen molar-refractivity contribution in [3.63, 3.8) is 0 Å². The molecule has 0 unspecified atom stereocenters. The van der Waals surface area contributed by atoms with Crippen molar-refractivity contribution in [3.05, 3.63) is 11.8 Å². The van der Waals surface area contributed by atoms with Gasteiger partial charge >= 0.3 is 0 Å². The molecular weight excluding hydrogens is 294 g/mol. The minimum atomic E-state index is -2.50. The summed E-state index contributed by atoms with van der Waals surface area (Å²) in [6.45, 7) is 3.57. The maximum absolute atomic E-state index is 13.2. The van der Waals surface area contributed by atoms with Crippen LogP contribution in [0.3, 0.4) is 0 Å². The first-order valence-corrected chi connectivity index (χ1v) is 8.51. The van der Waals surface area contributed by atoms with Gasteiger partial charge < -0.3 is 10.6 Å². The summed E-state index contributed by atoms with van der Waals surface area (Å²) in [4.78, 5) is 8.77. The molecule has 21 heavy (non-hydrogen) atoms. The van der Waals surface area contributed by atoms with Gasteiger partial charge in [-0.05, 0) is 25.6 Å². The quantitative estimate of drug-likeness (QED) is 0.623. The molecule has 0 aliphatic heterocycles. The van der Waals surface area contributed by atoms with Gasteiger partial charge in [0.25, 0.3) is 0 Å². The van der Waals surface area contributed by atoms with Crippen molar-refractivity contribution < 1.29 is 8.78 Å². The second-order valence-electron chi connectivity index (χ2n) is 5.29. The van der Waals surface area contributed by atoms with Crippen molar-refractivity contribution in [3.8, 4) is 0 Å². The number of anilines is 1. The predicted octanol–water partition coefficient (Wildman–Crippen LogP) is 3.30. The van der Waals surface area contributed by atoms with Gasteiger partial charge in [-0.1, -0.05) is 18.7 Å². The monoisotopic (exact) mass is 316 g/mol. The molecule has 118 valence electrons. The summed E-state index contributed by atoms with van der Waals surface area (Å²) in [5, 5.41) is 7.27. The number of thioether (sulfide) groups is 1. The Morgan fingerprint density at radius 1 is 1.38 bits per heavy atom. The van der Waals surface area contributed by atoms with Crippen LogP contribution >= 0.6 is 11.8 Å². The van der Waals surface area contributed by atoms with Crippen LogP contribution in [0.15, 0.2) is 11.4 Å². The van der Waals surface area contributed by atoms with Crippen LogP contribution in [-0.4, -0.2) is 34.7 Å². The zero-order chi connectivity index (χ0) is 15.3. The number of rotatable bonds is 6. The lowest BCUT2D eigenvalue weighted by Crippen LogP contribution is -2.32. The highest BCUT2D eigenvalue weighted by Crippen LogP contribution is 2.34. The normalized spacial score (nSPS) is 18.7. The lowest BCUT2D eigenvalue weighted by molar-refractivity contribution is -0.0361. The van der Waals surface area contributed by atoms with Gasteiger partial charge in [0.05, 0.1) is 0 Å². The van der Waals surface area contributed by atoms with Gasteiger partial charge in [0, 0.05) is 37.2 Å². The van der Waals surface area contributed by atoms with Crippen molar-refractivity contribution in [1.82, 2.24) is 15.3 Å². The maximum atomic E-state index is 13.2. The van der Waals surface area contributed by atoms with Crippen molar-refractivity contribution in [1.29, 1.82) is 0 Å². The molecule has 1 aliphatic rings. The molecule has 0 saturated heterocycles. The Kier molecular flexibility index (Phi) is 5.75. The number of hydrogen-bond donors (Lipinski definition) is 2. The Morgan fingerprint density at radius 2 is 2.10 bits per heavy atom. The third-order valence-electron chi connectivity index (χ3n) is 3.65. The minimum absolute atomic E-state index is 0.0479. The van der Waals surface area contributed by atoms with E-state index in [4.69, 9.17) is 0 Å². The van der Waals surface area contributed by atoms with E-state index in [0.717, 1.165) is 17.9 Å². The van der Waals surface area contributed by atoms with Crippen LogP contribution in [0.5, 0.6) is 0 Å². The van der Waals surface area contributed by atoms with E-state index < -0.39 is 5.92 Å². The average Bonchev–Trinajstić information content (AvgIpc) is 2.48. The summed E-state index contributed by atoms with van der Waals surface area (Å²) in [6, 6.07) is 0.0645. The highest BCUT2D eigenvalue weighted by molar-refractivity contribution is 7.98. The molecule has 1 aromatic rings. The van der Waals surface area contributed by atoms with E-state index in [1.54, 1.807) is 6.20 Å². The van der Waals surface area contributed by atoms with Gasteiger partial charge in [0.2, 0.25) is 5.92 Å². The van der Waals surface area contributed by atoms with Gasteiger partial charge in [-0.25, -0.2) is 18.7 Å². The number of hydrogen-bond acceptors (Lipinski definition) is 5. The van der Waals surface area contributed by atoms with Crippen molar-refractivity contribution in [2.45, 2.75) is 56.3 Å². The van der Waals surface area contributed by atoms with Gasteiger partial charge in [0.15, 0.2) is 5.16 Å². The van der Waals surface area contributed by atoms with Crippen molar-refractivity contribution in [2.75, 3.05) is 18.1 Å². The summed E-state index contributed by atoms with van der Waals surface area (Å²) >= 11 is 1.47. The Balaban J connectivity index is 2.06. The molecule has 2 rings (SSSR count). The smallest absolute Gasteiger partial charge is 0.248 e.